The molecule has 9 atom stereocenters. The summed E-state index contributed by atoms with van der Waals surface area (Å²) in [4.78, 5) is 71.6. The Morgan fingerprint density at radius 2 is 1.36 bits per heavy atom. The van der Waals surface area contributed by atoms with Gasteiger partial charge < -0.3 is 54.7 Å². The minimum atomic E-state index is -0.922. The third-order valence-electron chi connectivity index (χ3n) is 15.1. The second-order valence-electron chi connectivity index (χ2n) is 20.6. The Morgan fingerprint density at radius 3 is 1.93 bits per heavy atom. The summed E-state index contributed by atoms with van der Waals surface area (Å²) >= 11 is 0. The van der Waals surface area contributed by atoms with E-state index in [1.54, 1.807) is 23.6 Å². The largest absolute Gasteiger partial charge is 0.453 e. The van der Waals surface area contributed by atoms with Crippen LogP contribution < -0.4 is 15.5 Å². The molecule has 17 nitrogen and oxygen atoms in total. The molecule has 3 saturated heterocycles. The summed E-state index contributed by atoms with van der Waals surface area (Å²) in [6.45, 7) is 15.4. The fourth-order valence-electron chi connectivity index (χ4n) is 10.8. The van der Waals surface area contributed by atoms with E-state index < -0.39 is 36.5 Å². The van der Waals surface area contributed by atoms with Gasteiger partial charge in [0.2, 0.25) is 11.8 Å². The van der Waals surface area contributed by atoms with Crippen LogP contribution in [0.5, 0.6) is 0 Å². The quantitative estimate of drug-likeness (QED) is 0.0741. The third kappa shape index (κ3) is 11.9. The number of aromatic nitrogens is 2. The average molecular weight is 1000 g/mol. The van der Waals surface area contributed by atoms with Crippen molar-refractivity contribution in [2.75, 3.05) is 46.4 Å². The number of alkyl carbamates (subject to hydrolysis) is 2. The third-order valence-corrected chi connectivity index (χ3v) is 15.1. The van der Waals surface area contributed by atoms with Crippen LogP contribution in [0.15, 0.2) is 77.9 Å². The number of hydrogen-bond acceptors (Lipinski definition) is 12. The lowest BCUT2D eigenvalue weighted by atomic mass is 9.87. The second kappa shape index (κ2) is 23.5. The zero-order valence-corrected chi connectivity index (χ0v) is 44.4. The lowest BCUT2D eigenvalue weighted by molar-refractivity contribution is -0.138. The van der Waals surface area contributed by atoms with E-state index in [1.165, 1.54) is 45.8 Å². The summed E-state index contributed by atoms with van der Waals surface area (Å²) in [5.41, 5.74) is 9.15. The fraction of sp³-hybridized carbons (Fsp3) is 0.518. The number of rotatable bonds is 17. The molecule has 3 fully saturated rings. The van der Waals surface area contributed by atoms with Crippen LogP contribution in [-0.2, 0) is 34.0 Å². The average Bonchev–Trinajstić information content (AvgIpc) is 4.25. The summed E-state index contributed by atoms with van der Waals surface area (Å²) in [6, 6.07) is 21.5. The number of carbonyl (C=O) groups is 4. The van der Waals surface area contributed by atoms with Crippen molar-refractivity contribution in [2.45, 2.75) is 147 Å². The number of ether oxygens (including phenoxy) is 4. The highest BCUT2D eigenvalue weighted by Crippen LogP contribution is 2.48. The number of imidazole rings is 1. The van der Waals surface area contributed by atoms with Crippen molar-refractivity contribution in [1.82, 2.24) is 30.4 Å². The lowest BCUT2D eigenvalue weighted by Crippen LogP contribution is -2.56. The molecular weight excluding hydrogens is 927 g/mol. The number of aliphatic imine (C=N–C) groups is 1. The molecule has 0 bridgehead atoms. The molecule has 3 aromatic carbocycles. The molecule has 4 amide bonds. The van der Waals surface area contributed by atoms with Crippen molar-refractivity contribution < 1.29 is 38.1 Å². The number of nitrogens with one attached hydrogen (secondary N) is 4. The lowest BCUT2D eigenvalue weighted by Gasteiger charge is -2.34. The topological polar surface area (TPSA) is 204 Å². The van der Waals surface area contributed by atoms with Crippen LogP contribution in [0.2, 0.25) is 0 Å². The van der Waals surface area contributed by atoms with Gasteiger partial charge in [0.05, 0.1) is 74.2 Å². The highest BCUT2D eigenvalue weighted by atomic mass is 16.5. The molecule has 3 aliphatic heterocycles. The van der Waals surface area contributed by atoms with Crippen LogP contribution in [0.25, 0.3) is 11.3 Å². The van der Waals surface area contributed by atoms with Crippen molar-refractivity contribution in [3.63, 3.8) is 0 Å². The molecule has 0 radical (unpaired) electrons. The summed E-state index contributed by atoms with van der Waals surface area (Å²) in [7, 11) is 5.54. The number of carbonyl (C=O) groups excluding carboxylic acids is 4. The number of amides is 4. The highest BCUT2D eigenvalue weighted by molar-refractivity contribution is 6.37. The van der Waals surface area contributed by atoms with E-state index in [9.17, 15) is 19.2 Å². The van der Waals surface area contributed by atoms with Gasteiger partial charge in [0.1, 0.15) is 17.9 Å². The Kier molecular flexibility index (Phi) is 17.5. The number of aryl methyl sites for hydroxylation is 1. The molecule has 0 saturated carbocycles. The molecule has 73 heavy (non-hydrogen) atoms. The molecule has 7 rings (SSSR count). The smallest absolute Gasteiger partial charge is 0.407 e. The predicted octanol–water partition coefficient (Wildman–Crippen LogP) is 8.77. The molecule has 3 aliphatic rings. The molecule has 4 aromatic rings. The van der Waals surface area contributed by atoms with Gasteiger partial charge in [-0.15, -0.1) is 0 Å². The number of likely N-dealkylation sites (tertiary alicyclic amines) is 2. The maximum Gasteiger partial charge on any atom is 0.407 e. The van der Waals surface area contributed by atoms with Gasteiger partial charge >= 0.3 is 12.2 Å². The zero-order valence-electron chi connectivity index (χ0n) is 44.4. The number of benzene rings is 3. The van der Waals surface area contributed by atoms with E-state index in [-0.39, 0.29) is 47.4 Å². The summed E-state index contributed by atoms with van der Waals surface area (Å²) in [5, 5.41) is 13.7. The monoisotopic (exact) mass is 1000 g/mol. The van der Waals surface area contributed by atoms with E-state index in [1.807, 2.05) is 25.3 Å². The Hall–Kier alpha value is -6.59. The fourth-order valence-corrected chi connectivity index (χ4v) is 10.8. The molecular formula is C56H75N9O8. The number of H-pyrrole nitrogens is 1. The number of nitrogens with zero attached hydrogens (tertiary/aromatic N) is 5. The number of methoxy groups -OCH3 is 4. The first-order chi connectivity index (χ1) is 34.9. The molecule has 4 N–H and O–H groups in total. The minimum Gasteiger partial charge on any atom is -0.453 e. The maximum absolute atomic E-state index is 13.9. The molecule has 0 aliphatic carbocycles. The normalized spacial score (nSPS) is 21.3. The first-order valence-corrected chi connectivity index (χ1v) is 25.5. The molecule has 1 aromatic heterocycles. The van der Waals surface area contributed by atoms with Crippen molar-refractivity contribution in [3.05, 3.63) is 107 Å². The second-order valence-corrected chi connectivity index (χ2v) is 20.6. The summed E-state index contributed by atoms with van der Waals surface area (Å²) < 4.78 is 20.5. The molecule has 9 unspecified atom stereocenters. The van der Waals surface area contributed by atoms with Gasteiger partial charge in [-0.1, -0.05) is 69.3 Å². The van der Waals surface area contributed by atoms with Gasteiger partial charge in [0, 0.05) is 44.8 Å². The van der Waals surface area contributed by atoms with Crippen LogP contribution in [0.1, 0.15) is 132 Å². The van der Waals surface area contributed by atoms with E-state index in [2.05, 4.69) is 103 Å². The van der Waals surface area contributed by atoms with Crippen LogP contribution >= 0.6 is 0 Å². The summed E-state index contributed by atoms with van der Waals surface area (Å²) in [6.07, 6.45) is 5.49. The van der Waals surface area contributed by atoms with Crippen LogP contribution in [0.4, 0.5) is 15.3 Å². The molecule has 0 spiro atoms. The number of aromatic amines is 1. The van der Waals surface area contributed by atoms with Crippen LogP contribution in [0.3, 0.4) is 0 Å². The van der Waals surface area contributed by atoms with E-state index in [0.29, 0.717) is 24.6 Å². The Morgan fingerprint density at radius 1 is 0.767 bits per heavy atom. The van der Waals surface area contributed by atoms with Crippen LogP contribution in [-0.4, -0.2) is 134 Å². The van der Waals surface area contributed by atoms with Gasteiger partial charge in [-0.05, 0) is 118 Å². The maximum atomic E-state index is 13.9. The first kappa shape index (κ1) is 54.2. The van der Waals surface area contributed by atoms with Gasteiger partial charge in [-0.25, -0.2) is 14.6 Å². The zero-order chi connectivity index (χ0) is 52.7. The van der Waals surface area contributed by atoms with Crippen molar-refractivity contribution in [3.8, 4) is 11.3 Å². The highest BCUT2D eigenvalue weighted by Gasteiger charge is 2.41. The predicted molar refractivity (Wildman–Crippen MR) is 282 cm³/mol. The van der Waals surface area contributed by atoms with Gasteiger partial charge in [-0.3, -0.25) is 14.6 Å². The Bertz CT molecular complexity index is 2610. The van der Waals surface area contributed by atoms with Gasteiger partial charge in [0.25, 0.3) is 0 Å². The van der Waals surface area contributed by atoms with E-state index >= 15 is 0 Å². The molecule has 392 valence electrons. The van der Waals surface area contributed by atoms with E-state index in [0.717, 1.165) is 72.2 Å². The SMILES string of the molecule is COC(=O)NC(C(=O)N1CCCC1c1ncc(-c2ccc(C3CCC(c4ccc(C(C=N)=NC(C)C5CCCN5C(=O)C(NC(=O)OC)C(C)OC)cc4)N3c3ccc(C(C)(C)C)cc3)c(C)c2)[nH]1)C(C)OC. The summed E-state index contributed by atoms with van der Waals surface area (Å²) in [5.74, 6) is 0.192. The first-order valence-electron chi connectivity index (χ1n) is 25.5. The van der Waals surface area contributed by atoms with Gasteiger partial charge in [0.15, 0.2) is 0 Å². The molecule has 4 heterocycles. The minimum absolute atomic E-state index is 0.000644. The van der Waals surface area contributed by atoms with Crippen molar-refractivity contribution in [2.24, 2.45) is 4.99 Å². The number of hydrogen-bond donors (Lipinski definition) is 4. The van der Waals surface area contributed by atoms with Crippen LogP contribution in [0, 0.1) is 12.3 Å². The van der Waals surface area contributed by atoms with Crippen molar-refractivity contribution in [1.29, 1.82) is 5.41 Å². The van der Waals surface area contributed by atoms with Crippen molar-refractivity contribution >= 4 is 41.6 Å². The number of anilines is 1. The molecule has 17 heteroatoms. The Balaban J connectivity index is 1.12. The van der Waals surface area contributed by atoms with Gasteiger partial charge in [-0.2, -0.15) is 0 Å². The standard InChI is InChI=1S/C56H75N9O8/c1-33-30-39(44-32-58-51(60-44)48-15-13-29-64(48)53(67)50(36(4)71-9)62-55(69)73-11)20-25-42(33)47-27-26-46(65(47)41-23-21-40(22-24-41)56(5,6)7)38-18-16-37(17-19-38)43(31-57)59-34(2)45-14-12-28-63(45)52(66)49(35(3)70-8)61-54(68)72-10/h16-25,30-32,34-36,45-50,57H,12-15,26-29H2,1-11H3,(H,58,60)(H,61,68)(H,62,69). The Labute approximate surface area is 430 Å². The van der Waals surface area contributed by atoms with E-state index in [4.69, 9.17) is 34.3 Å².